The van der Waals surface area contributed by atoms with Crippen LogP contribution in [0, 0.1) is 0 Å². The summed E-state index contributed by atoms with van der Waals surface area (Å²) in [6, 6.07) is 48.5. The number of rotatable bonds is 3. The summed E-state index contributed by atoms with van der Waals surface area (Å²) in [6.45, 7) is 0.218. The highest BCUT2D eigenvalue weighted by Gasteiger charge is 2.40. The standard InChI is InChI=1S/C34H22BNS2/c1-3-11-23(12-4-1)24-19-21-26(22-20-24)36-31-27-15-7-9-17-29(27)37-33(31)35(25-13-5-2-6-14-25)34-32(36)28-16-8-10-18-30(28)38-34/h1-22H. The highest BCUT2D eigenvalue weighted by atomic mass is 32.1. The first-order valence-electron chi connectivity index (χ1n) is 12.9. The molecule has 0 saturated carbocycles. The first-order chi connectivity index (χ1) is 18.9. The number of thiophene rings is 2. The Morgan fingerprint density at radius 1 is 0.447 bits per heavy atom. The maximum Gasteiger partial charge on any atom is 0.272 e. The lowest BCUT2D eigenvalue weighted by Crippen LogP contribution is -2.54. The Morgan fingerprint density at radius 3 is 1.50 bits per heavy atom. The Hall–Kier alpha value is -4.12. The van der Waals surface area contributed by atoms with Crippen molar-refractivity contribution >= 4 is 81.6 Å². The quantitative estimate of drug-likeness (QED) is 0.213. The van der Waals surface area contributed by atoms with Crippen LogP contribution in [0.4, 0.5) is 17.1 Å². The fraction of sp³-hybridized carbons (Fsp3) is 0. The Kier molecular flexibility index (Phi) is 5.04. The fourth-order valence-corrected chi connectivity index (χ4v) is 8.56. The van der Waals surface area contributed by atoms with Crippen molar-refractivity contribution in [3.63, 3.8) is 0 Å². The van der Waals surface area contributed by atoms with Crippen molar-refractivity contribution in [2.24, 2.45) is 0 Å². The van der Waals surface area contributed by atoms with Crippen LogP contribution in [0.5, 0.6) is 0 Å². The monoisotopic (exact) mass is 519 g/mol. The molecule has 1 aliphatic heterocycles. The van der Waals surface area contributed by atoms with Crippen molar-refractivity contribution in [3.8, 4) is 11.1 Å². The minimum Gasteiger partial charge on any atom is -0.309 e. The largest absolute Gasteiger partial charge is 0.309 e. The molecule has 1 aliphatic rings. The molecule has 178 valence electrons. The molecule has 0 radical (unpaired) electrons. The van der Waals surface area contributed by atoms with Gasteiger partial charge in [0.05, 0.1) is 11.4 Å². The third kappa shape index (κ3) is 3.31. The number of nitrogens with zero attached hydrogens (tertiary/aromatic N) is 1. The second kappa shape index (κ2) is 8.73. The van der Waals surface area contributed by atoms with Crippen molar-refractivity contribution in [1.29, 1.82) is 0 Å². The third-order valence-corrected chi connectivity index (χ3v) is 9.98. The van der Waals surface area contributed by atoms with Gasteiger partial charge >= 0.3 is 0 Å². The lowest BCUT2D eigenvalue weighted by molar-refractivity contribution is 1.34. The number of hydrogen-bond acceptors (Lipinski definition) is 3. The Morgan fingerprint density at radius 2 is 0.921 bits per heavy atom. The molecule has 0 saturated heterocycles. The first kappa shape index (κ1) is 21.9. The molecule has 0 fully saturated rings. The Bertz CT molecular complexity index is 1840. The SMILES string of the molecule is c1ccc(B2c3sc4ccccc4c3N(c3ccc(-c4ccccc4)cc3)c3c2sc2ccccc32)cc1. The van der Waals surface area contributed by atoms with E-state index in [4.69, 9.17) is 0 Å². The van der Waals surface area contributed by atoms with Crippen molar-refractivity contribution in [1.82, 2.24) is 0 Å². The van der Waals surface area contributed by atoms with E-state index in [1.165, 1.54) is 63.4 Å². The van der Waals surface area contributed by atoms with E-state index in [0.29, 0.717) is 0 Å². The van der Waals surface area contributed by atoms with Crippen molar-refractivity contribution in [2.75, 3.05) is 4.90 Å². The van der Waals surface area contributed by atoms with E-state index in [1.54, 1.807) is 0 Å². The molecule has 0 atom stereocenters. The molecular formula is C34H22BNS2. The number of fused-ring (bicyclic) bond motifs is 6. The zero-order chi connectivity index (χ0) is 25.1. The molecule has 0 amide bonds. The van der Waals surface area contributed by atoms with Crippen molar-refractivity contribution in [2.45, 2.75) is 0 Å². The van der Waals surface area contributed by atoms with E-state index in [-0.39, 0.29) is 6.71 Å². The van der Waals surface area contributed by atoms with Crippen LogP contribution in [0.3, 0.4) is 0 Å². The average Bonchev–Trinajstić information content (AvgIpc) is 3.56. The summed E-state index contributed by atoms with van der Waals surface area (Å²) in [5.74, 6) is 0. The Balaban J connectivity index is 1.43. The molecule has 5 aromatic carbocycles. The lowest BCUT2D eigenvalue weighted by Gasteiger charge is -2.33. The maximum atomic E-state index is 2.54. The number of benzene rings is 5. The van der Waals surface area contributed by atoms with E-state index in [2.05, 4.69) is 138 Å². The van der Waals surface area contributed by atoms with Gasteiger partial charge in [-0.05, 0) is 35.4 Å². The van der Waals surface area contributed by atoms with E-state index in [0.717, 1.165) is 0 Å². The topological polar surface area (TPSA) is 3.24 Å². The fourth-order valence-electron chi connectivity index (χ4n) is 5.83. The zero-order valence-corrected chi connectivity index (χ0v) is 22.2. The lowest BCUT2D eigenvalue weighted by atomic mass is 9.41. The van der Waals surface area contributed by atoms with Gasteiger partial charge in [-0.3, -0.25) is 0 Å². The van der Waals surface area contributed by atoms with Gasteiger partial charge in [0, 0.05) is 35.4 Å². The average molecular weight is 520 g/mol. The van der Waals surface area contributed by atoms with Gasteiger partial charge in [-0.15, -0.1) is 22.7 Å². The van der Waals surface area contributed by atoms with Gasteiger partial charge in [-0.1, -0.05) is 115 Å². The minimum atomic E-state index is 0.218. The van der Waals surface area contributed by atoms with Crippen LogP contribution in [-0.2, 0) is 0 Å². The van der Waals surface area contributed by atoms with Crippen LogP contribution in [-0.4, -0.2) is 6.71 Å². The number of hydrogen-bond donors (Lipinski definition) is 0. The molecule has 38 heavy (non-hydrogen) atoms. The van der Waals surface area contributed by atoms with Crippen LogP contribution in [0.25, 0.3) is 31.3 Å². The number of anilines is 3. The Labute approximate surface area is 230 Å². The predicted molar refractivity (Wildman–Crippen MR) is 168 cm³/mol. The van der Waals surface area contributed by atoms with Gasteiger partial charge in [-0.25, -0.2) is 0 Å². The highest BCUT2D eigenvalue weighted by molar-refractivity contribution is 7.40. The zero-order valence-electron chi connectivity index (χ0n) is 20.5. The molecule has 0 aliphatic carbocycles. The van der Waals surface area contributed by atoms with Gasteiger partial charge in [0.1, 0.15) is 0 Å². The second-order valence-electron chi connectivity index (χ2n) is 9.71. The van der Waals surface area contributed by atoms with Gasteiger partial charge in [-0.2, -0.15) is 0 Å². The smallest absolute Gasteiger partial charge is 0.272 e. The van der Waals surface area contributed by atoms with E-state index < -0.39 is 0 Å². The normalized spacial score (nSPS) is 12.6. The van der Waals surface area contributed by atoms with Crippen LogP contribution in [0.15, 0.2) is 133 Å². The van der Waals surface area contributed by atoms with Crippen LogP contribution < -0.4 is 19.9 Å². The molecule has 0 N–H and O–H groups in total. The van der Waals surface area contributed by atoms with Gasteiger partial charge in [0.25, 0.3) is 6.71 Å². The molecule has 1 nitrogen and oxygen atoms in total. The summed E-state index contributed by atoms with van der Waals surface area (Å²) in [5.41, 5.74) is 7.67. The summed E-state index contributed by atoms with van der Waals surface area (Å²) in [5, 5.41) is 2.64. The summed E-state index contributed by atoms with van der Waals surface area (Å²) in [6.07, 6.45) is 0. The second-order valence-corrected chi connectivity index (χ2v) is 11.9. The summed E-state index contributed by atoms with van der Waals surface area (Å²) < 4.78 is 5.51. The molecule has 8 rings (SSSR count). The van der Waals surface area contributed by atoms with Crippen molar-refractivity contribution < 1.29 is 0 Å². The van der Waals surface area contributed by atoms with Gasteiger partial charge < -0.3 is 4.90 Å². The molecule has 3 heterocycles. The highest BCUT2D eigenvalue weighted by Crippen LogP contribution is 2.47. The first-order valence-corrected chi connectivity index (χ1v) is 14.5. The van der Waals surface area contributed by atoms with Crippen LogP contribution in [0.1, 0.15) is 0 Å². The molecule has 4 heteroatoms. The molecule has 7 aromatic rings. The van der Waals surface area contributed by atoms with Crippen LogP contribution in [0.2, 0.25) is 0 Å². The van der Waals surface area contributed by atoms with Crippen molar-refractivity contribution in [3.05, 3.63) is 133 Å². The van der Waals surface area contributed by atoms with E-state index in [9.17, 15) is 0 Å². The maximum absolute atomic E-state index is 2.54. The van der Waals surface area contributed by atoms with Gasteiger partial charge in [0.15, 0.2) is 0 Å². The van der Waals surface area contributed by atoms with E-state index in [1.807, 2.05) is 22.7 Å². The summed E-state index contributed by atoms with van der Waals surface area (Å²) in [4.78, 5) is 2.54. The van der Waals surface area contributed by atoms with E-state index >= 15 is 0 Å². The molecular weight excluding hydrogens is 497 g/mol. The molecule has 0 bridgehead atoms. The molecule has 0 unspecified atom stereocenters. The summed E-state index contributed by atoms with van der Waals surface area (Å²) >= 11 is 3.88. The minimum absolute atomic E-state index is 0.218. The summed E-state index contributed by atoms with van der Waals surface area (Å²) in [7, 11) is 0. The molecule has 2 aromatic heterocycles. The predicted octanol–water partition coefficient (Wildman–Crippen LogP) is 8.08. The third-order valence-electron chi connectivity index (χ3n) is 7.53. The van der Waals surface area contributed by atoms with Crippen LogP contribution >= 0.6 is 22.7 Å². The molecule has 0 spiro atoms. The van der Waals surface area contributed by atoms with Gasteiger partial charge in [0.2, 0.25) is 0 Å².